The van der Waals surface area contributed by atoms with Gasteiger partial charge in [-0.1, -0.05) is 6.92 Å². The van der Waals surface area contributed by atoms with Crippen LogP contribution < -0.4 is 0 Å². The van der Waals surface area contributed by atoms with Crippen LogP contribution in [0.1, 0.15) is 6.92 Å². The van der Waals surface area contributed by atoms with Crippen molar-refractivity contribution in [1.29, 1.82) is 5.41 Å². The van der Waals surface area contributed by atoms with Crippen LogP contribution in [0.25, 0.3) is 0 Å². The Bertz CT molecular complexity index is 134. The van der Waals surface area contributed by atoms with Gasteiger partial charge < -0.3 is 5.41 Å². The van der Waals surface area contributed by atoms with Gasteiger partial charge in [-0.05, 0) is 29.8 Å². The summed E-state index contributed by atoms with van der Waals surface area (Å²) in [5, 5.41) is 7.90. The number of nitrogens with one attached hydrogen (secondary N) is 1. The van der Waals surface area contributed by atoms with E-state index in [1.165, 1.54) is 0 Å². The second kappa shape index (κ2) is 2.78. The summed E-state index contributed by atoms with van der Waals surface area (Å²) in [4.78, 5) is 0. The summed E-state index contributed by atoms with van der Waals surface area (Å²) >= 11 is 4.25. The summed E-state index contributed by atoms with van der Waals surface area (Å²) in [5.74, 6) is 0.886. The van der Waals surface area contributed by atoms with Crippen molar-refractivity contribution >= 4 is 27.3 Å². The zero-order valence-electron chi connectivity index (χ0n) is 7.26. The molecule has 0 heterocycles. The molecule has 0 radical (unpaired) electrons. The Balaban J connectivity index is 4.50. The minimum atomic E-state index is -1.77. The zero-order valence-corrected chi connectivity index (χ0v) is 9.05. The van der Waals surface area contributed by atoms with Crippen LogP contribution in [0.2, 0.25) is 0 Å². The SMILES string of the molecule is CC(CS)[SH](C)(C)(C)C=N. The van der Waals surface area contributed by atoms with Crippen LogP contribution in [0.4, 0.5) is 0 Å². The summed E-state index contributed by atoms with van der Waals surface area (Å²) in [6.07, 6.45) is 6.62. The first-order valence-corrected chi connectivity index (χ1v) is 7.80. The third-order valence-electron chi connectivity index (χ3n) is 2.30. The Morgan fingerprint density at radius 2 is 1.90 bits per heavy atom. The molecule has 0 aromatic heterocycles. The van der Waals surface area contributed by atoms with E-state index in [4.69, 9.17) is 5.41 Å². The molecule has 1 nitrogen and oxygen atoms in total. The van der Waals surface area contributed by atoms with Gasteiger partial charge in [0.1, 0.15) is 0 Å². The Morgan fingerprint density at radius 1 is 1.50 bits per heavy atom. The van der Waals surface area contributed by atoms with Crippen LogP contribution in [0.3, 0.4) is 0 Å². The average Bonchev–Trinajstić information content (AvgIpc) is 1.86. The summed E-state index contributed by atoms with van der Waals surface area (Å²) < 4.78 is 0. The lowest BCUT2D eigenvalue weighted by Gasteiger charge is -2.52. The van der Waals surface area contributed by atoms with Gasteiger partial charge in [0.05, 0.1) is 0 Å². The maximum absolute atomic E-state index is 7.34. The molecule has 0 bridgehead atoms. The maximum Gasteiger partial charge on any atom is 0.0189 e. The van der Waals surface area contributed by atoms with Gasteiger partial charge >= 0.3 is 0 Å². The normalized spacial score (nSPS) is 19.1. The molecule has 0 rings (SSSR count). The largest absolute Gasteiger partial charge is 0.305 e. The molecule has 64 valence electrons. The van der Waals surface area contributed by atoms with Crippen molar-refractivity contribution < 1.29 is 0 Å². The Hall–Kier alpha value is 0.370. The predicted octanol–water partition coefficient (Wildman–Crippen LogP) is 1.87. The van der Waals surface area contributed by atoms with Crippen molar-refractivity contribution in [3.05, 3.63) is 0 Å². The van der Waals surface area contributed by atoms with Crippen molar-refractivity contribution in [2.45, 2.75) is 12.2 Å². The Morgan fingerprint density at radius 3 is 2.00 bits per heavy atom. The lowest BCUT2D eigenvalue weighted by Crippen LogP contribution is -2.28. The van der Waals surface area contributed by atoms with Gasteiger partial charge in [-0.2, -0.15) is 12.6 Å². The highest BCUT2D eigenvalue weighted by Crippen LogP contribution is 2.60. The van der Waals surface area contributed by atoms with E-state index >= 15 is 0 Å². The number of hydrogen-bond acceptors (Lipinski definition) is 2. The van der Waals surface area contributed by atoms with Gasteiger partial charge in [-0.3, -0.25) is 9.16 Å². The Labute approximate surface area is 69.8 Å². The maximum atomic E-state index is 7.34. The molecule has 1 N–H and O–H groups in total. The average molecular weight is 181 g/mol. The van der Waals surface area contributed by atoms with E-state index in [0.717, 1.165) is 5.75 Å². The third kappa shape index (κ3) is 2.20. The van der Waals surface area contributed by atoms with Crippen molar-refractivity contribution in [3.63, 3.8) is 0 Å². The summed E-state index contributed by atoms with van der Waals surface area (Å²) in [5.41, 5.74) is 1.65. The number of hydrogen-bond donors (Lipinski definition) is 3. The van der Waals surface area contributed by atoms with Crippen LogP contribution in [0.15, 0.2) is 0 Å². The molecule has 0 amide bonds. The molecule has 1 atom stereocenters. The van der Waals surface area contributed by atoms with Crippen LogP contribution >= 0.6 is 21.8 Å². The number of thiol groups is 2. The second-order valence-corrected chi connectivity index (χ2v) is 11.8. The minimum absolute atomic E-state index is 0.562. The first-order chi connectivity index (χ1) is 4.32. The van der Waals surface area contributed by atoms with Crippen LogP contribution in [0, 0.1) is 5.41 Å². The molecule has 1 unspecified atom stereocenters. The third-order valence-corrected chi connectivity index (χ3v) is 7.40. The molecule has 0 saturated carbocycles. The van der Waals surface area contributed by atoms with E-state index < -0.39 is 9.16 Å². The molecule has 0 aliphatic heterocycles. The molecule has 3 heteroatoms. The van der Waals surface area contributed by atoms with Gasteiger partial charge in [-0.25, -0.2) is 0 Å². The standard InChI is InChI=1S/C7H19NS2/c1-7(5-9)10(2,3,4)6-8/h6-10H,5H2,1-4H3. The van der Waals surface area contributed by atoms with Gasteiger partial charge in [0.15, 0.2) is 0 Å². The first-order valence-electron chi connectivity index (χ1n) is 3.45. The fraction of sp³-hybridized carbons (Fsp3) is 0.857. The molecular weight excluding hydrogens is 162 g/mol. The molecule has 0 spiro atoms. The summed E-state index contributed by atoms with van der Waals surface area (Å²) in [6.45, 7) is 2.18. The fourth-order valence-electron chi connectivity index (χ4n) is 0.419. The second-order valence-electron chi connectivity index (χ2n) is 4.20. The Kier molecular flexibility index (Phi) is 2.88. The van der Waals surface area contributed by atoms with E-state index in [0.29, 0.717) is 5.25 Å². The highest BCUT2D eigenvalue weighted by atomic mass is 32.3. The first kappa shape index (κ1) is 10.4. The van der Waals surface area contributed by atoms with Gasteiger partial charge in [0.2, 0.25) is 0 Å². The van der Waals surface area contributed by atoms with Gasteiger partial charge in [-0.15, -0.1) is 0 Å². The van der Waals surface area contributed by atoms with E-state index in [1.54, 1.807) is 5.55 Å². The van der Waals surface area contributed by atoms with Crippen molar-refractivity contribution in [2.24, 2.45) is 0 Å². The molecule has 0 fully saturated rings. The van der Waals surface area contributed by atoms with E-state index in [1.807, 2.05) is 0 Å². The van der Waals surface area contributed by atoms with Crippen molar-refractivity contribution in [3.8, 4) is 0 Å². The van der Waals surface area contributed by atoms with Gasteiger partial charge in [0.25, 0.3) is 0 Å². The van der Waals surface area contributed by atoms with Crippen LogP contribution in [-0.2, 0) is 0 Å². The molecule has 0 aromatic carbocycles. The van der Waals surface area contributed by atoms with Crippen molar-refractivity contribution in [1.82, 2.24) is 0 Å². The molecular formula is C7H19NS2. The highest BCUT2D eigenvalue weighted by molar-refractivity contribution is 8.58. The zero-order chi connectivity index (χ0) is 8.44. The number of rotatable bonds is 3. The summed E-state index contributed by atoms with van der Waals surface area (Å²) in [6, 6.07) is 0. The van der Waals surface area contributed by atoms with E-state index in [-0.39, 0.29) is 0 Å². The minimum Gasteiger partial charge on any atom is -0.305 e. The smallest absolute Gasteiger partial charge is 0.0189 e. The van der Waals surface area contributed by atoms with Gasteiger partial charge in [0, 0.05) is 5.55 Å². The van der Waals surface area contributed by atoms with Crippen LogP contribution in [0.5, 0.6) is 0 Å². The van der Waals surface area contributed by atoms with Crippen molar-refractivity contribution in [2.75, 3.05) is 24.5 Å². The topological polar surface area (TPSA) is 23.9 Å². The molecule has 0 saturated heterocycles. The molecule has 0 aromatic rings. The lowest BCUT2D eigenvalue weighted by atomic mass is 10.6. The predicted molar refractivity (Wildman–Crippen MR) is 58.9 cm³/mol. The molecule has 0 aliphatic rings. The van der Waals surface area contributed by atoms with E-state index in [2.05, 4.69) is 38.3 Å². The quantitative estimate of drug-likeness (QED) is 0.336. The molecule has 0 aliphatic carbocycles. The van der Waals surface area contributed by atoms with E-state index in [9.17, 15) is 0 Å². The summed E-state index contributed by atoms with van der Waals surface area (Å²) in [7, 11) is -1.77. The lowest BCUT2D eigenvalue weighted by molar-refractivity contribution is 1.11. The highest BCUT2D eigenvalue weighted by Gasteiger charge is 2.28. The van der Waals surface area contributed by atoms with Crippen LogP contribution in [-0.4, -0.2) is 35.3 Å². The monoisotopic (exact) mass is 181 g/mol. The molecule has 10 heavy (non-hydrogen) atoms. The fourth-order valence-corrected chi connectivity index (χ4v) is 3.01.